The molecule has 2 rings (SSSR count). The van der Waals surface area contributed by atoms with Crippen molar-refractivity contribution >= 4 is 23.4 Å². The van der Waals surface area contributed by atoms with Gasteiger partial charge in [-0.15, -0.1) is 12.8 Å². The van der Waals surface area contributed by atoms with Crippen molar-refractivity contribution in [3.05, 3.63) is 64.3 Å². The molecule has 0 spiro atoms. The molecule has 0 saturated heterocycles. The van der Waals surface area contributed by atoms with Gasteiger partial charge >= 0.3 is 0 Å². The van der Waals surface area contributed by atoms with Gasteiger partial charge in [-0.25, -0.2) is 0 Å². The zero-order valence-electron chi connectivity index (χ0n) is 32.3. The van der Waals surface area contributed by atoms with Gasteiger partial charge in [0.05, 0.1) is 18.6 Å². The molecule has 1 aliphatic rings. The van der Waals surface area contributed by atoms with E-state index in [-0.39, 0.29) is 66.4 Å². The van der Waals surface area contributed by atoms with Crippen LogP contribution in [0.25, 0.3) is 0 Å². The molecule has 10 heteroatoms. The standard InChI is InChI=1S/C37H58N4O5.C2H2.CH4O/c1-23-16-26(4)31(22-34(38)42)24(2)12-11-13-25(3)37(44)40-33-20-29(21-35(43)41(8)15-14-39-7)19-32(28(33)6)36(46-10)27(5)18-30(17-23)45-9;2*1-2/h11-13,16,19-20,23-24,27,30-31,36,39H,14-15,17-18,21-22H2,1-10H3,(H2,38,42)(H,40,44);1-2H;2H,1H3/b12-11-,25-13+,26-16+;;/t23-,24?,27-,30?,31?,36?;;/m0../s1. The van der Waals surface area contributed by atoms with E-state index < -0.39 is 0 Å². The summed E-state index contributed by atoms with van der Waals surface area (Å²) in [7, 11) is 8.11. The number of likely N-dealkylation sites (N-methyl/N-ethyl adjacent to an activating group) is 2. The monoisotopic (exact) mass is 696 g/mol. The van der Waals surface area contributed by atoms with Crippen molar-refractivity contribution in [3.8, 4) is 12.8 Å². The Balaban J connectivity index is 0.00000578. The maximum Gasteiger partial charge on any atom is 0.251 e. The molecular formula is C40H64N4O6. The van der Waals surface area contributed by atoms with Gasteiger partial charge in [-0.3, -0.25) is 14.4 Å². The average Bonchev–Trinajstić information content (AvgIpc) is 3.08. The number of aliphatic hydroxyl groups excluding tert-OH is 1. The molecule has 3 amide bonds. The number of ether oxygens (including phenoxy) is 2. The number of primary amides is 1. The fourth-order valence-electron chi connectivity index (χ4n) is 6.37. The Morgan fingerprint density at radius 2 is 1.72 bits per heavy atom. The normalized spacial score (nSPS) is 25.8. The smallest absolute Gasteiger partial charge is 0.251 e. The Kier molecular flexibility index (Phi) is 22.6. The zero-order valence-corrected chi connectivity index (χ0v) is 32.3. The number of rotatable bonds is 9. The molecule has 0 aromatic heterocycles. The van der Waals surface area contributed by atoms with Gasteiger partial charge in [-0.1, -0.05) is 56.7 Å². The molecular weight excluding hydrogens is 632 g/mol. The second-order valence-electron chi connectivity index (χ2n) is 13.1. The fraction of sp³-hybridized carbons (Fsp3) is 0.575. The summed E-state index contributed by atoms with van der Waals surface area (Å²) in [6, 6.07) is 3.94. The van der Waals surface area contributed by atoms with Crippen molar-refractivity contribution in [3.63, 3.8) is 0 Å². The van der Waals surface area contributed by atoms with Crippen molar-refractivity contribution in [1.29, 1.82) is 0 Å². The largest absolute Gasteiger partial charge is 0.400 e. The van der Waals surface area contributed by atoms with E-state index in [4.69, 9.17) is 20.3 Å². The summed E-state index contributed by atoms with van der Waals surface area (Å²) in [5, 5.41) is 13.2. The SMILES string of the molecule is C#C.CNCCN(C)C(=O)Cc1cc2c(C)c(c1)C(OC)[C@@H](C)CC(OC)C[C@@H](C)/C=C(\C)C(CC(N)=O)C(C)/C=C\C=C(/C)C(=O)N2.CO. The van der Waals surface area contributed by atoms with Crippen molar-refractivity contribution in [2.45, 2.75) is 79.4 Å². The first kappa shape index (κ1) is 46.2. The Morgan fingerprint density at radius 1 is 1.08 bits per heavy atom. The highest BCUT2D eigenvalue weighted by Gasteiger charge is 2.28. The first-order valence-electron chi connectivity index (χ1n) is 17.2. The number of anilines is 1. The Bertz CT molecular complexity index is 1330. The first-order valence-corrected chi connectivity index (χ1v) is 17.2. The van der Waals surface area contributed by atoms with Gasteiger partial charge in [0.25, 0.3) is 5.91 Å². The van der Waals surface area contributed by atoms with Crippen LogP contribution in [0, 0.1) is 43.4 Å². The summed E-state index contributed by atoms with van der Waals surface area (Å²) in [4.78, 5) is 40.3. The summed E-state index contributed by atoms with van der Waals surface area (Å²) in [6.07, 6.45) is 17.6. The quantitative estimate of drug-likeness (QED) is 0.201. The number of nitrogens with zero attached hydrogens (tertiary/aromatic N) is 1. The number of carbonyl (C=O) groups excluding carboxylic acids is 3. The summed E-state index contributed by atoms with van der Waals surface area (Å²) >= 11 is 0. The zero-order chi connectivity index (χ0) is 38.6. The predicted molar refractivity (Wildman–Crippen MR) is 204 cm³/mol. The van der Waals surface area contributed by atoms with E-state index in [0.717, 1.165) is 42.2 Å². The van der Waals surface area contributed by atoms with Gasteiger partial charge in [-0.2, -0.15) is 0 Å². The molecule has 4 unspecified atom stereocenters. The van der Waals surface area contributed by atoms with Crippen LogP contribution in [0.4, 0.5) is 5.69 Å². The Hall–Kier alpha value is -3.75. The number of aliphatic hydroxyl groups is 1. The molecule has 0 aliphatic carbocycles. The van der Waals surface area contributed by atoms with Crippen LogP contribution in [0.1, 0.15) is 76.7 Å². The van der Waals surface area contributed by atoms with E-state index in [0.29, 0.717) is 24.4 Å². The number of nitrogens with two attached hydrogens (primary N) is 1. The van der Waals surface area contributed by atoms with Crippen LogP contribution in [-0.2, 0) is 30.3 Å². The van der Waals surface area contributed by atoms with E-state index in [2.05, 4.69) is 57.3 Å². The summed E-state index contributed by atoms with van der Waals surface area (Å²) in [5.74, 6) is -0.340. The van der Waals surface area contributed by atoms with Crippen molar-refractivity contribution in [2.24, 2.45) is 29.4 Å². The number of benzene rings is 1. The van der Waals surface area contributed by atoms with Crippen LogP contribution in [0.5, 0.6) is 0 Å². The average molecular weight is 697 g/mol. The minimum atomic E-state index is -0.341. The van der Waals surface area contributed by atoms with Gasteiger partial charge < -0.3 is 35.8 Å². The van der Waals surface area contributed by atoms with Crippen molar-refractivity contribution in [2.75, 3.05) is 53.8 Å². The molecule has 0 fully saturated rings. The molecule has 1 aromatic rings. The van der Waals surface area contributed by atoms with Crippen LogP contribution >= 0.6 is 0 Å². The summed E-state index contributed by atoms with van der Waals surface area (Å²) < 4.78 is 12.1. The minimum Gasteiger partial charge on any atom is -0.400 e. The van der Waals surface area contributed by atoms with Gasteiger partial charge in [0.2, 0.25) is 11.8 Å². The van der Waals surface area contributed by atoms with E-state index in [1.165, 1.54) is 0 Å². The minimum absolute atomic E-state index is 0.00313. The summed E-state index contributed by atoms with van der Waals surface area (Å²) in [5.41, 5.74) is 10.6. The fourth-order valence-corrected chi connectivity index (χ4v) is 6.37. The number of hydrogen-bond donors (Lipinski definition) is 4. The molecule has 0 radical (unpaired) electrons. The number of methoxy groups -OCH3 is 2. The molecule has 10 nitrogen and oxygen atoms in total. The second-order valence-corrected chi connectivity index (χ2v) is 13.1. The highest BCUT2D eigenvalue weighted by atomic mass is 16.5. The third-order valence-corrected chi connectivity index (χ3v) is 9.22. The lowest BCUT2D eigenvalue weighted by atomic mass is 9.82. The number of allylic oxidation sites excluding steroid dienone is 5. The van der Waals surface area contributed by atoms with Crippen LogP contribution in [0.2, 0.25) is 0 Å². The Labute approximate surface area is 301 Å². The van der Waals surface area contributed by atoms with Crippen LogP contribution < -0.4 is 16.4 Å². The number of fused-ring (bicyclic) bond motifs is 2. The number of terminal acetylenes is 1. The Morgan fingerprint density at radius 3 is 2.28 bits per heavy atom. The van der Waals surface area contributed by atoms with Crippen molar-refractivity contribution in [1.82, 2.24) is 10.2 Å². The van der Waals surface area contributed by atoms with Crippen molar-refractivity contribution < 1.29 is 29.0 Å². The number of amides is 3. The number of carbonyl (C=O) groups is 3. The molecule has 2 bridgehead atoms. The van der Waals surface area contributed by atoms with Crippen LogP contribution in [-0.4, -0.2) is 82.3 Å². The highest BCUT2D eigenvalue weighted by molar-refractivity contribution is 6.04. The first-order chi connectivity index (χ1) is 23.7. The van der Waals surface area contributed by atoms with Gasteiger partial charge in [0.15, 0.2) is 0 Å². The van der Waals surface area contributed by atoms with E-state index >= 15 is 0 Å². The van der Waals surface area contributed by atoms with Gasteiger partial charge in [0, 0.05) is 59.1 Å². The highest BCUT2D eigenvalue weighted by Crippen LogP contribution is 2.36. The molecule has 6 atom stereocenters. The lowest BCUT2D eigenvalue weighted by molar-refractivity contribution is -0.129. The predicted octanol–water partition coefficient (Wildman–Crippen LogP) is 5.36. The lowest BCUT2D eigenvalue weighted by Gasteiger charge is -2.30. The van der Waals surface area contributed by atoms with E-state index in [1.807, 2.05) is 38.3 Å². The molecule has 1 aromatic carbocycles. The maximum absolute atomic E-state index is 13.4. The van der Waals surface area contributed by atoms with Gasteiger partial charge in [-0.05, 0) is 87.1 Å². The maximum atomic E-state index is 13.4. The van der Waals surface area contributed by atoms with Crippen LogP contribution in [0.3, 0.4) is 0 Å². The van der Waals surface area contributed by atoms with E-state index in [9.17, 15) is 14.4 Å². The molecule has 280 valence electrons. The molecule has 1 aliphatic heterocycles. The lowest BCUT2D eigenvalue weighted by Crippen LogP contribution is -2.33. The number of hydrogen-bond acceptors (Lipinski definition) is 7. The molecule has 5 N–H and O–H groups in total. The summed E-state index contributed by atoms with van der Waals surface area (Å²) in [6.45, 7) is 13.5. The van der Waals surface area contributed by atoms with Gasteiger partial charge in [0.1, 0.15) is 0 Å². The second kappa shape index (κ2) is 24.4. The molecule has 50 heavy (non-hydrogen) atoms. The third kappa shape index (κ3) is 15.0. The topological polar surface area (TPSA) is 143 Å². The molecule has 1 heterocycles. The number of nitrogens with one attached hydrogen (secondary N) is 2. The molecule has 0 saturated carbocycles. The van der Waals surface area contributed by atoms with Crippen LogP contribution in [0.15, 0.2) is 47.6 Å². The third-order valence-electron chi connectivity index (χ3n) is 9.22. The van der Waals surface area contributed by atoms with E-state index in [1.54, 1.807) is 39.2 Å².